The summed E-state index contributed by atoms with van der Waals surface area (Å²) in [7, 11) is 1.45. The average Bonchev–Trinajstić information content (AvgIpc) is 3.58. The summed E-state index contributed by atoms with van der Waals surface area (Å²) in [5.74, 6) is -9.94. The van der Waals surface area contributed by atoms with Gasteiger partial charge >= 0.3 is 12.3 Å². The van der Waals surface area contributed by atoms with Gasteiger partial charge in [-0.25, -0.2) is 26.7 Å². The smallest absolute Gasteiger partial charge is 0.417 e. The molecule has 19 heteroatoms. The summed E-state index contributed by atoms with van der Waals surface area (Å²) in [6, 6.07) is 9.98. The van der Waals surface area contributed by atoms with E-state index in [-0.39, 0.29) is 43.5 Å². The topological polar surface area (TPSA) is 137 Å². The first-order valence-electron chi connectivity index (χ1n) is 17.6. The minimum absolute atomic E-state index is 0.148. The van der Waals surface area contributed by atoms with Gasteiger partial charge in [0.05, 0.1) is 48.1 Å². The molecule has 1 fully saturated rings. The molecule has 2 aromatic carbocycles. The first kappa shape index (κ1) is 43.0. The van der Waals surface area contributed by atoms with Gasteiger partial charge in [-0.15, -0.1) is 10.2 Å². The minimum atomic E-state index is -4.55. The lowest BCUT2D eigenvalue weighted by atomic mass is 9.95. The van der Waals surface area contributed by atoms with Crippen molar-refractivity contribution in [1.29, 1.82) is 0 Å². The largest absolute Gasteiger partial charge is 0.444 e. The third-order valence-electron chi connectivity index (χ3n) is 8.92. The van der Waals surface area contributed by atoms with Crippen molar-refractivity contribution in [2.24, 2.45) is 5.73 Å². The molecule has 11 nitrogen and oxygen atoms in total. The highest BCUT2D eigenvalue weighted by Crippen LogP contribution is 2.45. The van der Waals surface area contributed by atoms with Crippen LogP contribution in [0.4, 0.5) is 45.6 Å². The molecule has 308 valence electrons. The number of aromatic nitrogens is 3. The Morgan fingerprint density at radius 3 is 2.32 bits per heavy atom. The Morgan fingerprint density at radius 2 is 1.74 bits per heavy atom. The van der Waals surface area contributed by atoms with Gasteiger partial charge in [0.15, 0.2) is 0 Å². The van der Waals surface area contributed by atoms with Gasteiger partial charge in [-0.2, -0.15) is 13.2 Å². The van der Waals surface area contributed by atoms with E-state index in [0.717, 1.165) is 17.0 Å². The molecule has 2 aliphatic heterocycles. The van der Waals surface area contributed by atoms with Gasteiger partial charge in [0.1, 0.15) is 11.4 Å². The van der Waals surface area contributed by atoms with E-state index in [1.54, 1.807) is 45.0 Å². The van der Waals surface area contributed by atoms with Gasteiger partial charge in [-0.3, -0.25) is 14.7 Å². The number of hydrogen-bond acceptors (Lipinski definition) is 9. The monoisotopic (exact) mass is 812 g/mol. The number of halogens is 8. The summed E-state index contributed by atoms with van der Waals surface area (Å²) in [5, 5.41) is 7.73. The zero-order valence-corrected chi connectivity index (χ0v) is 31.3. The molecule has 57 heavy (non-hydrogen) atoms. The van der Waals surface area contributed by atoms with Crippen molar-refractivity contribution in [2.75, 3.05) is 38.3 Å². The van der Waals surface area contributed by atoms with Crippen LogP contribution in [0, 0.1) is 5.82 Å². The van der Waals surface area contributed by atoms with Crippen molar-refractivity contribution >= 4 is 17.7 Å². The fourth-order valence-electron chi connectivity index (χ4n) is 6.34. The van der Waals surface area contributed by atoms with Crippen molar-refractivity contribution < 1.29 is 58.6 Å². The van der Waals surface area contributed by atoms with E-state index in [2.05, 4.69) is 19.9 Å². The number of fused-ring (bicyclic) bond motifs is 1. The molecule has 1 unspecified atom stereocenters. The fourth-order valence-corrected chi connectivity index (χ4v) is 6.34. The molecule has 0 saturated carbocycles. The number of pyridine rings is 1. The van der Waals surface area contributed by atoms with Gasteiger partial charge in [-0.05, 0) is 50.6 Å². The number of primary amides is 1. The highest BCUT2D eigenvalue weighted by Gasteiger charge is 2.44. The summed E-state index contributed by atoms with van der Waals surface area (Å²) in [5.41, 5.74) is 3.14. The summed E-state index contributed by atoms with van der Waals surface area (Å²) in [4.78, 5) is 29.7. The number of carbonyl (C=O) groups excluding carboxylic acids is 2. The van der Waals surface area contributed by atoms with Crippen LogP contribution in [-0.2, 0) is 32.9 Å². The highest BCUT2D eigenvalue weighted by molar-refractivity contribution is 5.96. The SMILES string of the molecule is CC(C)(C)OC(N)=O.COCCN1CC(c2nnc(-c3cc4c(cc3F)C(F)(F)CCC(=O)N4Cc3ccc(-c4ccc(C(F)(F)F)cn4)cc3)o2)CC(F)(F)C1. The predicted molar refractivity (Wildman–Crippen MR) is 190 cm³/mol. The Balaban J connectivity index is 0.000000701. The van der Waals surface area contributed by atoms with Gasteiger partial charge in [0, 0.05) is 56.8 Å². The molecule has 4 aromatic rings. The van der Waals surface area contributed by atoms with Crippen LogP contribution >= 0.6 is 0 Å². The Hall–Kier alpha value is -5.17. The van der Waals surface area contributed by atoms with E-state index in [9.17, 15) is 31.5 Å². The van der Waals surface area contributed by atoms with Crippen molar-refractivity contribution in [3.05, 3.63) is 83.1 Å². The second kappa shape index (κ2) is 16.7. The van der Waals surface area contributed by atoms with E-state index >= 15 is 13.2 Å². The number of benzene rings is 2. The fraction of sp³-hybridized carbons (Fsp3) is 0.447. The molecule has 1 atom stereocenters. The zero-order valence-electron chi connectivity index (χ0n) is 31.3. The lowest BCUT2D eigenvalue weighted by molar-refractivity contribution is -0.137. The number of methoxy groups -OCH3 is 1. The number of likely N-dealkylation sites (tertiary alicyclic amines) is 1. The second-order valence-corrected chi connectivity index (χ2v) is 14.6. The normalized spacial score (nSPS) is 18.3. The lowest BCUT2D eigenvalue weighted by Crippen LogP contribution is -2.47. The predicted octanol–water partition coefficient (Wildman–Crippen LogP) is 8.33. The van der Waals surface area contributed by atoms with E-state index in [0.29, 0.717) is 23.4 Å². The highest BCUT2D eigenvalue weighted by atomic mass is 19.4. The lowest BCUT2D eigenvalue weighted by Gasteiger charge is -2.36. The van der Waals surface area contributed by atoms with Crippen LogP contribution < -0.4 is 10.6 Å². The number of ether oxygens (including phenoxy) is 2. The summed E-state index contributed by atoms with van der Waals surface area (Å²) >= 11 is 0. The third-order valence-corrected chi connectivity index (χ3v) is 8.92. The van der Waals surface area contributed by atoms with Crippen LogP contribution in [0.25, 0.3) is 22.7 Å². The number of piperidine rings is 1. The molecule has 1 saturated heterocycles. The number of nitrogens with two attached hydrogens (primary N) is 1. The van der Waals surface area contributed by atoms with E-state index in [4.69, 9.17) is 14.9 Å². The van der Waals surface area contributed by atoms with Gasteiger partial charge < -0.3 is 24.5 Å². The molecule has 0 spiro atoms. The molecular formula is C38H40F8N6O5. The molecule has 2 amide bonds. The van der Waals surface area contributed by atoms with E-state index < -0.39 is 95.7 Å². The molecule has 0 bridgehead atoms. The maximum Gasteiger partial charge on any atom is 0.417 e. The molecule has 2 aromatic heterocycles. The number of hydrogen-bond donors (Lipinski definition) is 1. The quantitative estimate of drug-likeness (QED) is 0.174. The van der Waals surface area contributed by atoms with Crippen LogP contribution in [0.15, 0.2) is 59.1 Å². The first-order chi connectivity index (χ1) is 26.5. The van der Waals surface area contributed by atoms with Crippen LogP contribution in [0.2, 0.25) is 0 Å². The number of carbonyl (C=O) groups is 2. The Morgan fingerprint density at radius 1 is 1.04 bits per heavy atom. The minimum Gasteiger partial charge on any atom is -0.444 e. The number of amides is 2. The van der Waals surface area contributed by atoms with Crippen LogP contribution in [0.1, 0.15) is 68.5 Å². The number of anilines is 1. The second-order valence-electron chi connectivity index (χ2n) is 14.6. The Bertz CT molecular complexity index is 2040. The summed E-state index contributed by atoms with van der Waals surface area (Å²) in [6.45, 7) is 5.19. The zero-order chi connectivity index (χ0) is 41.9. The molecule has 6 rings (SSSR count). The van der Waals surface area contributed by atoms with Gasteiger partial charge in [-0.1, -0.05) is 24.3 Å². The van der Waals surface area contributed by atoms with Crippen molar-refractivity contribution in [2.45, 2.75) is 76.1 Å². The average molecular weight is 813 g/mol. The maximum absolute atomic E-state index is 15.5. The third kappa shape index (κ3) is 11.0. The Labute approximate surface area is 322 Å². The summed E-state index contributed by atoms with van der Waals surface area (Å²) < 4.78 is 129. The van der Waals surface area contributed by atoms with E-state index in [1.165, 1.54) is 18.1 Å². The van der Waals surface area contributed by atoms with Crippen LogP contribution in [-0.4, -0.2) is 77.0 Å². The number of alkyl halides is 7. The molecule has 4 heterocycles. The number of rotatable bonds is 8. The van der Waals surface area contributed by atoms with Crippen LogP contribution in [0.5, 0.6) is 0 Å². The number of nitrogens with zero attached hydrogens (tertiary/aromatic N) is 5. The molecular weight excluding hydrogens is 772 g/mol. The van der Waals surface area contributed by atoms with Crippen molar-refractivity contribution in [1.82, 2.24) is 20.1 Å². The maximum atomic E-state index is 15.5. The van der Waals surface area contributed by atoms with E-state index in [1.807, 2.05) is 0 Å². The Kier molecular flexibility index (Phi) is 12.6. The van der Waals surface area contributed by atoms with Crippen molar-refractivity contribution in [3.8, 4) is 22.7 Å². The molecule has 2 N–H and O–H groups in total. The van der Waals surface area contributed by atoms with Gasteiger partial charge in [0.2, 0.25) is 11.8 Å². The molecule has 0 radical (unpaired) electrons. The standard InChI is InChI=1S/C33H29F8N5O3.C5H11NO2/c1-48-11-10-45-17-21(14-31(35,36)18-45)29-43-44-30(49-29)23-12-27-24(13-25(23)34)32(37,38)9-8-28(47)46(27)16-19-2-4-20(5-3-19)26-7-6-22(15-42-26)33(39,40)41;1-5(2,3)8-4(6)7/h2-7,12-13,15,21H,8-11,14,16-18H2,1H3;1-3H3,(H2,6,7). The summed E-state index contributed by atoms with van der Waals surface area (Å²) in [6.07, 6.45) is -6.57. The van der Waals surface area contributed by atoms with Crippen LogP contribution in [0.3, 0.4) is 0 Å². The van der Waals surface area contributed by atoms with Gasteiger partial charge in [0.25, 0.3) is 17.7 Å². The molecule has 0 aliphatic carbocycles. The van der Waals surface area contributed by atoms with Crippen molar-refractivity contribution in [3.63, 3.8) is 0 Å². The molecule has 2 aliphatic rings. The first-order valence-corrected chi connectivity index (χ1v) is 17.6.